The third-order valence-corrected chi connectivity index (χ3v) is 12.1. The molecule has 0 aromatic carbocycles. The van der Waals surface area contributed by atoms with Crippen LogP contribution in [0.25, 0.3) is 12.2 Å². The van der Waals surface area contributed by atoms with Crippen LogP contribution in [-0.4, -0.2) is 83.5 Å². The minimum Gasteiger partial charge on any atom is -0.481 e. The molecule has 2 fully saturated rings. The first-order valence-electron chi connectivity index (χ1n) is 18.6. The molecule has 56 heavy (non-hydrogen) atoms. The van der Waals surface area contributed by atoms with Gasteiger partial charge in [-0.25, -0.2) is 0 Å². The number of aromatic nitrogens is 1. The standard InChI is InChI=1S/C40H50N4O12/c1-19-21(5-9-33(45)46)27-14-28-22(6-10-34(47)48)20(2)26(42-28)15-31-40(4,18-38(55)56)24(8-12-36(51)52)30(44-31)16-32-39(3,17-37(53)54)23(7-11-35(49)50)29(43-32)13-25(19)41-27/h13-16,23-25,30,41-44H,5-12,17-18H2,1-4H3,(H,45,46)(H,47,48)(H,49,50)(H,51,52)(H,53,54)(H,55,56)/t23-,24-,25?,30?,39+,40+/m1/s1. The molecule has 0 amide bonds. The number of hydrogen-bond acceptors (Lipinski definition) is 9. The molecule has 302 valence electrons. The second kappa shape index (κ2) is 16.1. The van der Waals surface area contributed by atoms with Crippen molar-refractivity contribution in [1.82, 2.24) is 20.9 Å². The molecule has 10 N–H and O–H groups in total. The Kier molecular flexibility index (Phi) is 11.9. The molecule has 16 nitrogen and oxygen atoms in total. The van der Waals surface area contributed by atoms with E-state index >= 15 is 0 Å². The number of aromatic amines is 1. The number of hydrogen-bond donors (Lipinski definition) is 10. The minimum atomic E-state index is -1.18. The largest absolute Gasteiger partial charge is 0.481 e. The summed E-state index contributed by atoms with van der Waals surface area (Å²) in [6.07, 6.45) is 5.98. The number of carbonyl (C=O) groups is 6. The Morgan fingerprint density at radius 3 is 1.86 bits per heavy atom. The molecule has 2 saturated heterocycles. The summed E-state index contributed by atoms with van der Waals surface area (Å²) in [6, 6.07) is -1.23. The molecule has 5 rings (SSSR count). The molecule has 16 heteroatoms. The average molecular weight is 779 g/mol. The summed E-state index contributed by atoms with van der Waals surface area (Å²) in [4.78, 5) is 75.9. The van der Waals surface area contributed by atoms with Crippen LogP contribution in [0.1, 0.15) is 101 Å². The number of rotatable bonds is 16. The van der Waals surface area contributed by atoms with Crippen LogP contribution in [0.15, 0.2) is 46.1 Å². The van der Waals surface area contributed by atoms with Gasteiger partial charge in [-0.15, -0.1) is 0 Å². The first-order chi connectivity index (χ1) is 26.2. The summed E-state index contributed by atoms with van der Waals surface area (Å²) in [5, 5.41) is 69.6. The lowest BCUT2D eigenvalue weighted by Crippen LogP contribution is -2.34. The number of fused-ring (bicyclic) bond motifs is 8. The first kappa shape index (κ1) is 41.4. The fraction of sp³-hybridized carbons (Fsp3) is 0.500. The zero-order valence-corrected chi connectivity index (χ0v) is 31.8. The molecule has 0 radical (unpaired) electrons. The van der Waals surface area contributed by atoms with Gasteiger partial charge < -0.3 is 51.6 Å². The molecule has 1 aromatic heterocycles. The van der Waals surface area contributed by atoms with Crippen LogP contribution in [0.3, 0.4) is 0 Å². The number of carboxylic acids is 6. The lowest BCUT2D eigenvalue weighted by atomic mass is 9.68. The van der Waals surface area contributed by atoms with Crippen molar-refractivity contribution < 1.29 is 59.4 Å². The smallest absolute Gasteiger partial charge is 0.304 e. The maximum absolute atomic E-state index is 12.5. The van der Waals surface area contributed by atoms with Crippen molar-refractivity contribution in [2.24, 2.45) is 22.7 Å². The van der Waals surface area contributed by atoms with Crippen LogP contribution in [0, 0.1) is 29.6 Å². The van der Waals surface area contributed by atoms with Crippen molar-refractivity contribution >= 4 is 48.0 Å². The summed E-state index contributed by atoms with van der Waals surface area (Å²) < 4.78 is 0. The number of H-pyrrole nitrogens is 1. The molecule has 0 aliphatic carbocycles. The number of allylic oxidation sites excluding steroid dienone is 4. The van der Waals surface area contributed by atoms with Crippen molar-refractivity contribution in [3.63, 3.8) is 0 Å². The van der Waals surface area contributed by atoms with E-state index in [1.165, 1.54) is 0 Å². The Bertz CT molecular complexity index is 2000. The molecule has 0 spiro atoms. The summed E-state index contributed by atoms with van der Waals surface area (Å²) >= 11 is 0. The van der Waals surface area contributed by atoms with Crippen LogP contribution in [0.5, 0.6) is 0 Å². The van der Waals surface area contributed by atoms with Crippen LogP contribution in [0.4, 0.5) is 0 Å². The van der Waals surface area contributed by atoms with Gasteiger partial charge in [0.05, 0.1) is 18.9 Å². The zero-order valence-electron chi connectivity index (χ0n) is 31.8. The molecule has 5 heterocycles. The van der Waals surface area contributed by atoms with E-state index < -0.39 is 70.6 Å². The van der Waals surface area contributed by atoms with E-state index in [2.05, 4.69) is 20.9 Å². The maximum Gasteiger partial charge on any atom is 0.304 e. The Labute approximate surface area is 323 Å². The number of aliphatic carboxylic acids is 6. The van der Waals surface area contributed by atoms with E-state index in [9.17, 15) is 59.4 Å². The van der Waals surface area contributed by atoms with E-state index in [0.717, 1.165) is 11.1 Å². The van der Waals surface area contributed by atoms with Crippen molar-refractivity contribution in [2.75, 3.05) is 0 Å². The van der Waals surface area contributed by atoms with Gasteiger partial charge in [0, 0.05) is 82.6 Å². The Hall–Kier alpha value is -5.80. The normalized spacial score (nSPS) is 26.6. The Morgan fingerprint density at radius 2 is 1.25 bits per heavy atom. The van der Waals surface area contributed by atoms with Crippen molar-refractivity contribution in [1.29, 1.82) is 0 Å². The lowest BCUT2D eigenvalue weighted by molar-refractivity contribution is -0.141. The molecule has 1 aromatic rings. The molecule has 4 aliphatic rings. The fourth-order valence-corrected chi connectivity index (χ4v) is 9.07. The molecule has 4 aliphatic heterocycles. The second-order valence-corrected chi connectivity index (χ2v) is 15.7. The SMILES string of the molecule is CC1=C(CCC(=O)O)C2=Cc3[nH]c(c(C)c3CCC(=O)O)C=C3NC(C=C4NC(=CC1N2)[C@@H](CCC(=O)O)[C@]4(C)CC(=O)O)[C@@H](CCC(=O)O)[C@]3(C)CC(=O)O. The molecule has 8 bridgehead atoms. The fourth-order valence-electron chi connectivity index (χ4n) is 9.07. The number of carboxylic acid groups (broad SMARTS) is 6. The van der Waals surface area contributed by atoms with Crippen LogP contribution in [0.2, 0.25) is 0 Å². The van der Waals surface area contributed by atoms with Gasteiger partial charge in [0.25, 0.3) is 0 Å². The van der Waals surface area contributed by atoms with Gasteiger partial charge in [-0.3, -0.25) is 28.8 Å². The van der Waals surface area contributed by atoms with Gasteiger partial charge in [0.1, 0.15) is 0 Å². The third-order valence-electron chi connectivity index (χ3n) is 12.1. The first-order valence-corrected chi connectivity index (χ1v) is 18.6. The van der Waals surface area contributed by atoms with Crippen LogP contribution in [-0.2, 0) is 35.2 Å². The quantitative estimate of drug-likeness (QED) is 0.111. The van der Waals surface area contributed by atoms with E-state index in [4.69, 9.17) is 0 Å². The minimum absolute atomic E-state index is 0.0682. The Morgan fingerprint density at radius 1 is 0.661 bits per heavy atom. The topological polar surface area (TPSA) is 276 Å². The average Bonchev–Trinajstić information content (AvgIpc) is 3.70. The van der Waals surface area contributed by atoms with Crippen LogP contribution < -0.4 is 16.0 Å². The van der Waals surface area contributed by atoms with E-state index in [1.807, 2.05) is 19.9 Å². The number of nitrogens with one attached hydrogen (secondary N) is 4. The van der Waals surface area contributed by atoms with Crippen molar-refractivity contribution in [3.05, 3.63) is 68.6 Å². The highest BCUT2D eigenvalue weighted by molar-refractivity contribution is 5.74. The van der Waals surface area contributed by atoms with Gasteiger partial charge in [0.2, 0.25) is 0 Å². The monoisotopic (exact) mass is 778 g/mol. The van der Waals surface area contributed by atoms with Gasteiger partial charge in [-0.1, -0.05) is 13.8 Å². The molecule has 2 unspecified atom stereocenters. The van der Waals surface area contributed by atoms with E-state index in [1.54, 1.807) is 32.1 Å². The molecule has 0 saturated carbocycles. The van der Waals surface area contributed by atoms with Crippen molar-refractivity contribution in [2.45, 2.75) is 104 Å². The summed E-state index contributed by atoms with van der Waals surface area (Å²) in [5.74, 6) is -7.67. The summed E-state index contributed by atoms with van der Waals surface area (Å²) in [5.41, 5.74) is 3.75. The van der Waals surface area contributed by atoms with Gasteiger partial charge in [-0.05, 0) is 92.0 Å². The second-order valence-electron chi connectivity index (χ2n) is 15.7. The molecular weight excluding hydrogens is 728 g/mol. The summed E-state index contributed by atoms with van der Waals surface area (Å²) in [7, 11) is 0. The highest BCUT2D eigenvalue weighted by atomic mass is 16.4. The van der Waals surface area contributed by atoms with Crippen LogP contribution >= 0.6 is 0 Å². The predicted molar refractivity (Wildman–Crippen MR) is 202 cm³/mol. The van der Waals surface area contributed by atoms with E-state index in [0.29, 0.717) is 45.3 Å². The summed E-state index contributed by atoms with van der Waals surface area (Å²) in [6.45, 7) is 7.17. The molecule has 6 atom stereocenters. The van der Waals surface area contributed by atoms with E-state index in [-0.39, 0.29) is 64.2 Å². The van der Waals surface area contributed by atoms with Gasteiger partial charge >= 0.3 is 35.8 Å². The Balaban J connectivity index is 1.84. The third kappa shape index (κ3) is 8.53. The maximum atomic E-state index is 12.5. The zero-order chi connectivity index (χ0) is 41.3. The highest BCUT2D eigenvalue weighted by Crippen LogP contribution is 2.53. The lowest BCUT2D eigenvalue weighted by Gasteiger charge is -2.33. The highest BCUT2D eigenvalue weighted by Gasteiger charge is 2.52. The predicted octanol–water partition coefficient (Wildman–Crippen LogP) is 4.46. The van der Waals surface area contributed by atoms with Gasteiger partial charge in [0.15, 0.2) is 0 Å². The van der Waals surface area contributed by atoms with Gasteiger partial charge in [-0.2, -0.15) is 0 Å². The molecular formula is C40H50N4O12. The van der Waals surface area contributed by atoms with Crippen molar-refractivity contribution in [3.8, 4) is 0 Å².